The van der Waals surface area contributed by atoms with Crippen LogP contribution in [0.5, 0.6) is 5.75 Å². The predicted octanol–water partition coefficient (Wildman–Crippen LogP) is 4.99. The quantitative estimate of drug-likeness (QED) is 0.446. The summed E-state index contributed by atoms with van der Waals surface area (Å²) in [6.45, 7) is 5.60. The number of aromatic nitrogens is 1. The van der Waals surface area contributed by atoms with Gasteiger partial charge in [-0.25, -0.2) is 8.78 Å². The zero-order valence-electron chi connectivity index (χ0n) is 18.6. The van der Waals surface area contributed by atoms with Gasteiger partial charge in [0.2, 0.25) is 0 Å². The van der Waals surface area contributed by atoms with Crippen LogP contribution in [-0.4, -0.2) is 23.8 Å². The van der Waals surface area contributed by atoms with Crippen molar-refractivity contribution < 1.29 is 13.5 Å². The molecule has 1 saturated heterocycles. The lowest BCUT2D eigenvalue weighted by Gasteiger charge is -2.16. The Labute approximate surface area is 192 Å². The van der Waals surface area contributed by atoms with E-state index >= 15 is 4.39 Å². The van der Waals surface area contributed by atoms with Gasteiger partial charge >= 0.3 is 0 Å². The minimum Gasteiger partial charge on any atom is -0.486 e. The molecule has 170 valence electrons. The normalized spacial score (nSPS) is 12.9. The molecule has 0 radical (unpaired) electrons. The van der Waals surface area contributed by atoms with Gasteiger partial charge in [0.05, 0.1) is 11.3 Å². The van der Waals surface area contributed by atoms with E-state index in [9.17, 15) is 4.39 Å². The number of nitrogens with zero attached hydrogens (tertiary/aromatic N) is 1. The molecule has 1 fully saturated rings. The van der Waals surface area contributed by atoms with Crippen LogP contribution in [-0.2, 0) is 6.61 Å². The van der Waals surface area contributed by atoms with Gasteiger partial charge in [0.25, 0.3) is 0 Å². The Morgan fingerprint density at radius 1 is 1.00 bits per heavy atom. The van der Waals surface area contributed by atoms with Crippen LogP contribution in [0, 0.1) is 17.0 Å². The summed E-state index contributed by atoms with van der Waals surface area (Å²) >= 11 is 0. The molecule has 1 aliphatic heterocycles. The molecule has 4 rings (SSSR count). The lowest BCUT2D eigenvalue weighted by Crippen LogP contribution is -2.19. The highest BCUT2D eigenvalue weighted by Gasteiger charge is 2.24. The van der Waals surface area contributed by atoms with Gasteiger partial charge in [-0.1, -0.05) is 38.1 Å². The predicted molar refractivity (Wildman–Crippen MR) is 125 cm³/mol. The van der Waals surface area contributed by atoms with Crippen LogP contribution in [0.15, 0.2) is 66.7 Å². The van der Waals surface area contributed by atoms with Crippen molar-refractivity contribution in [3.8, 4) is 5.75 Å². The topological polar surface area (TPSA) is 70.0 Å². The molecule has 0 aliphatic carbocycles. The van der Waals surface area contributed by atoms with Crippen LogP contribution in [0.1, 0.15) is 42.0 Å². The highest BCUT2D eigenvalue weighted by atomic mass is 19.1. The Hall–Kier alpha value is -3.74. The van der Waals surface area contributed by atoms with Crippen molar-refractivity contribution in [2.24, 2.45) is 0 Å². The first-order chi connectivity index (χ1) is 15.9. The summed E-state index contributed by atoms with van der Waals surface area (Å²) in [6.07, 6.45) is 3.12. The highest BCUT2D eigenvalue weighted by Crippen LogP contribution is 2.30. The van der Waals surface area contributed by atoms with Gasteiger partial charge in [-0.2, -0.15) is 0 Å². The first-order valence-electron chi connectivity index (χ1n) is 10.9. The number of benzene rings is 2. The van der Waals surface area contributed by atoms with Crippen molar-refractivity contribution >= 4 is 11.3 Å². The zero-order valence-corrected chi connectivity index (χ0v) is 18.6. The summed E-state index contributed by atoms with van der Waals surface area (Å²) in [5, 5.41) is 14.9. The van der Waals surface area contributed by atoms with Gasteiger partial charge in [0.1, 0.15) is 18.2 Å². The van der Waals surface area contributed by atoms with E-state index in [1.807, 2.05) is 24.3 Å². The molecule has 5 nitrogen and oxygen atoms in total. The Morgan fingerprint density at radius 3 is 2.30 bits per heavy atom. The number of nitrogens with one attached hydrogen (secondary N) is 3. The SMILES string of the molecule is CC(C)c1ccc(COc2cc(F)c(C(C(=N)c3ccncc3)=C3NCCN3)cc2F)cc1. The van der Waals surface area contributed by atoms with Crippen LogP contribution < -0.4 is 15.4 Å². The summed E-state index contributed by atoms with van der Waals surface area (Å²) in [5.74, 6) is -0.621. The number of halogens is 2. The molecular weight excluding hydrogens is 422 g/mol. The van der Waals surface area contributed by atoms with Gasteiger partial charge in [-0.15, -0.1) is 0 Å². The number of rotatable bonds is 7. The molecule has 0 saturated carbocycles. The molecule has 3 aromatic rings. The number of hydrogen-bond donors (Lipinski definition) is 3. The fourth-order valence-electron chi connectivity index (χ4n) is 3.66. The van der Waals surface area contributed by atoms with Crippen LogP contribution in [0.3, 0.4) is 0 Å². The number of ether oxygens (including phenoxy) is 1. The molecule has 3 N–H and O–H groups in total. The summed E-state index contributed by atoms with van der Waals surface area (Å²) < 4.78 is 35.8. The van der Waals surface area contributed by atoms with Crippen molar-refractivity contribution in [1.82, 2.24) is 15.6 Å². The molecule has 0 unspecified atom stereocenters. The highest BCUT2D eigenvalue weighted by molar-refractivity contribution is 6.31. The molecule has 33 heavy (non-hydrogen) atoms. The maximum atomic E-state index is 15.2. The van der Waals surface area contributed by atoms with Crippen LogP contribution in [0.2, 0.25) is 0 Å². The summed E-state index contributed by atoms with van der Waals surface area (Å²) in [4.78, 5) is 3.96. The van der Waals surface area contributed by atoms with E-state index in [0.29, 0.717) is 30.4 Å². The smallest absolute Gasteiger partial charge is 0.165 e. The Kier molecular flexibility index (Phi) is 6.68. The van der Waals surface area contributed by atoms with Crippen molar-refractivity contribution in [2.75, 3.05) is 13.1 Å². The third kappa shape index (κ3) is 5.03. The van der Waals surface area contributed by atoms with E-state index < -0.39 is 11.6 Å². The van der Waals surface area contributed by atoms with Crippen molar-refractivity contribution in [3.63, 3.8) is 0 Å². The molecule has 0 spiro atoms. The molecule has 1 aromatic heterocycles. The molecular formula is C26H26F2N4O. The minimum absolute atomic E-state index is 0.0140. The summed E-state index contributed by atoms with van der Waals surface area (Å²) in [6, 6.07) is 13.3. The van der Waals surface area contributed by atoms with E-state index in [-0.39, 0.29) is 29.2 Å². The van der Waals surface area contributed by atoms with E-state index in [1.54, 1.807) is 24.5 Å². The lowest BCUT2D eigenvalue weighted by atomic mass is 9.95. The maximum absolute atomic E-state index is 15.2. The van der Waals surface area contributed by atoms with Crippen molar-refractivity contribution in [1.29, 1.82) is 5.41 Å². The van der Waals surface area contributed by atoms with Gasteiger partial charge < -0.3 is 15.4 Å². The van der Waals surface area contributed by atoms with E-state index in [0.717, 1.165) is 17.7 Å². The standard InChI is InChI=1S/C26H26F2N4O/c1-16(2)18-5-3-17(4-6-18)15-33-23-14-21(27)20(13-22(23)28)24(26-31-11-12-32-26)25(29)19-7-9-30-10-8-19/h3-10,13-14,16,29,31-32H,11-12,15H2,1-2H3. The largest absolute Gasteiger partial charge is 0.486 e. The first kappa shape index (κ1) is 22.5. The molecule has 0 amide bonds. The Morgan fingerprint density at radius 2 is 1.67 bits per heavy atom. The van der Waals surface area contributed by atoms with E-state index in [4.69, 9.17) is 10.1 Å². The fraction of sp³-hybridized carbons (Fsp3) is 0.231. The number of hydrogen-bond acceptors (Lipinski definition) is 5. The monoisotopic (exact) mass is 448 g/mol. The summed E-state index contributed by atoms with van der Waals surface area (Å²) in [7, 11) is 0. The second-order valence-electron chi connectivity index (χ2n) is 8.16. The molecule has 1 aliphatic rings. The molecule has 2 heterocycles. The third-order valence-corrected chi connectivity index (χ3v) is 5.53. The van der Waals surface area contributed by atoms with E-state index in [2.05, 4.69) is 29.5 Å². The van der Waals surface area contributed by atoms with Crippen LogP contribution in [0.25, 0.3) is 5.57 Å². The van der Waals surface area contributed by atoms with Gasteiger partial charge in [-0.3, -0.25) is 10.4 Å². The van der Waals surface area contributed by atoms with E-state index in [1.165, 1.54) is 5.56 Å². The minimum atomic E-state index is -0.691. The molecule has 7 heteroatoms. The second kappa shape index (κ2) is 9.81. The second-order valence-corrected chi connectivity index (χ2v) is 8.16. The Bertz CT molecular complexity index is 1170. The van der Waals surface area contributed by atoms with Crippen LogP contribution >= 0.6 is 0 Å². The fourth-order valence-corrected chi connectivity index (χ4v) is 3.66. The summed E-state index contributed by atoms with van der Waals surface area (Å²) in [5.41, 5.74) is 2.92. The molecule has 0 atom stereocenters. The zero-order chi connectivity index (χ0) is 23.4. The average Bonchev–Trinajstić information content (AvgIpc) is 3.35. The van der Waals surface area contributed by atoms with Crippen molar-refractivity contribution in [2.45, 2.75) is 26.4 Å². The number of allylic oxidation sites excluding steroid dienone is 1. The lowest BCUT2D eigenvalue weighted by molar-refractivity contribution is 0.288. The maximum Gasteiger partial charge on any atom is 0.165 e. The molecule has 2 aromatic carbocycles. The first-order valence-corrected chi connectivity index (χ1v) is 10.9. The van der Waals surface area contributed by atoms with Crippen LogP contribution in [0.4, 0.5) is 8.78 Å². The van der Waals surface area contributed by atoms with Gasteiger partial charge in [0.15, 0.2) is 11.6 Å². The Balaban J connectivity index is 1.62. The average molecular weight is 449 g/mol. The van der Waals surface area contributed by atoms with Gasteiger partial charge in [-0.05, 0) is 35.2 Å². The van der Waals surface area contributed by atoms with Crippen molar-refractivity contribution in [3.05, 3.63) is 101 Å². The van der Waals surface area contributed by atoms with Gasteiger partial charge in [0, 0.05) is 42.7 Å². The third-order valence-electron chi connectivity index (χ3n) is 5.53. The number of pyridine rings is 1. The molecule has 0 bridgehead atoms.